The van der Waals surface area contributed by atoms with Gasteiger partial charge in [0.2, 0.25) is 0 Å². The summed E-state index contributed by atoms with van der Waals surface area (Å²) < 4.78 is 10.1. The van der Waals surface area contributed by atoms with Gasteiger partial charge in [-0.25, -0.2) is 0 Å². The third-order valence-electron chi connectivity index (χ3n) is 4.46. The summed E-state index contributed by atoms with van der Waals surface area (Å²) in [5.41, 5.74) is 0. The van der Waals surface area contributed by atoms with Gasteiger partial charge >= 0.3 is 11.9 Å². The molecule has 0 aromatic carbocycles. The van der Waals surface area contributed by atoms with Crippen LogP contribution in [-0.4, -0.2) is 25.2 Å². The molecule has 0 aliphatic carbocycles. The SMILES string of the molecule is CCCC(=O)OCCCCCCCCCCCC1CCOC1=O. The fraction of sp³-hybridized carbons (Fsp3) is 0.895. The maximum atomic E-state index is 11.3. The van der Waals surface area contributed by atoms with Crippen LogP contribution < -0.4 is 0 Å². The molecule has 0 bridgehead atoms. The Kier molecular flexibility index (Phi) is 11.6. The smallest absolute Gasteiger partial charge is 0.309 e. The zero-order chi connectivity index (χ0) is 16.8. The van der Waals surface area contributed by atoms with Crippen molar-refractivity contribution in [1.29, 1.82) is 0 Å². The Bertz CT molecular complexity index is 327. The minimum absolute atomic E-state index is 0.0189. The Labute approximate surface area is 141 Å². The van der Waals surface area contributed by atoms with E-state index in [-0.39, 0.29) is 17.9 Å². The molecule has 4 nitrogen and oxygen atoms in total. The van der Waals surface area contributed by atoms with Gasteiger partial charge in [-0.3, -0.25) is 9.59 Å². The molecule has 0 amide bonds. The first-order valence-corrected chi connectivity index (χ1v) is 9.56. The quantitative estimate of drug-likeness (QED) is 0.340. The monoisotopic (exact) mass is 326 g/mol. The second-order valence-corrected chi connectivity index (χ2v) is 6.59. The van der Waals surface area contributed by atoms with Gasteiger partial charge in [0.25, 0.3) is 0 Å². The highest BCUT2D eigenvalue weighted by molar-refractivity contribution is 5.74. The number of cyclic esters (lactones) is 1. The maximum absolute atomic E-state index is 11.3. The molecule has 1 fully saturated rings. The van der Waals surface area contributed by atoms with E-state index in [1.165, 1.54) is 38.5 Å². The Morgan fingerprint density at radius 1 is 1.04 bits per heavy atom. The average molecular weight is 326 g/mol. The summed E-state index contributed by atoms with van der Waals surface area (Å²) in [5.74, 6) is 0.144. The van der Waals surface area contributed by atoms with E-state index in [0.717, 1.165) is 38.5 Å². The zero-order valence-electron chi connectivity index (χ0n) is 14.8. The van der Waals surface area contributed by atoms with Crippen molar-refractivity contribution >= 4 is 11.9 Å². The van der Waals surface area contributed by atoms with Crippen LogP contribution in [0.15, 0.2) is 0 Å². The van der Waals surface area contributed by atoms with Crippen LogP contribution in [0.2, 0.25) is 0 Å². The summed E-state index contributed by atoms with van der Waals surface area (Å²) in [6, 6.07) is 0. The molecule has 0 aromatic rings. The maximum Gasteiger partial charge on any atom is 0.309 e. The van der Waals surface area contributed by atoms with E-state index in [1.54, 1.807) is 0 Å². The highest BCUT2D eigenvalue weighted by Crippen LogP contribution is 2.21. The van der Waals surface area contributed by atoms with Crippen molar-refractivity contribution in [3.05, 3.63) is 0 Å². The van der Waals surface area contributed by atoms with Gasteiger partial charge in [-0.2, -0.15) is 0 Å². The van der Waals surface area contributed by atoms with Crippen LogP contribution in [0.4, 0.5) is 0 Å². The van der Waals surface area contributed by atoms with Crippen molar-refractivity contribution in [1.82, 2.24) is 0 Å². The topological polar surface area (TPSA) is 52.6 Å². The van der Waals surface area contributed by atoms with Gasteiger partial charge in [-0.05, 0) is 25.7 Å². The van der Waals surface area contributed by atoms with Crippen LogP contribution >= 0.6 is 0 Å². The molecule has 4 heteroatoms. The van der Waals surface area contributed by atoms with E-state index in [9.17, 15) is 9.59 Å². The lowest BCUT2D eigenvalue weighted by Crippen LogP contribution is -2.06. The van der Waals surface area contributed by atoms with Crippen molar-refractivity contribution in [2.45, 2.75) is 90.4 Å². The Balaban J connectivity index is 1.74. The number of esters is 2. The first-order chi connectivity index (χ1) is 11.2. The van der Waals surface area contributed by atoms with Gasteiger partial charge in [0.1, 0.15) is 0 Å². The minimum Gasteiger partial charge on any atom is -0.466 e. The van der Waals surface area contributed by atoms with E-state index in [4.69, 9.17) is 9.47 Å². The molecule has 1 aliphatic heterocycles. The van der Waals surface area contributed by atoms with Gasteiger partial charge in [-0.15, -0.1) is 0 Å². The molecule has 1 aliphatic rings. The number of carbonyl (C=O) groups is 2. The number of hydrogen-bond donors (Lipinski definition) is 0. The molecule has 0 N–H and O–H groups in total. The molecule has 134 valence electrons. The summed E-state index contributed by atoms with van der Waals surface area (Å²) in [5, 5.41) is 0. The summed E-state index contributed by atoms with van der Waals surface area (Å²) in [6.07, 6.45) is 14.2. The number of unbranched alkanes of at least 4 members (excludes halogenated alkanes) is 8. The van der Waals surface area contributed by atoms with Crippen LogP contribution in [0, 0.1) is 5.92 Å². The third kappa shape index (κ3) is 10.4. The number of carbonyl (C=O) groups excluding carboxylic acids is 2. The standard InChI is InChI=1S/C19H34O4/c1-2-12-18(20)22-15-11-9-7-5-3-4-6-8-10-13-17-14-16-23-19(17)21/h17H,2-16H2,1H3. The number of ether oxygens (including phenoxy) is 2. The van der Waals surface area contributed by atoms with E-state index in [1.807, 2.05) is 6.92 Å². The van der Waals surface area contributed by atoms with E-state index in [0.29, 0.717) is 19.6 Å². The molecule has 1 rings (SSSR count). The molecular weight excluding hydrogens is 292 g/mol. The molecule has 23 heavy (non-hydrogen) atoms. The van der Waals surface area contributed by atoms with Crippen LogP contribution in [0.5, 0.6) is 0 Å². The van der Waals surface area contributed by atoms with Crippen molar-refractivity contribution in [3.63, 3.8) is 0 Å². The number of rotatable bonds is 14. The molecule has 1 atom stereocenters. The highest BCUT2D eigenvalue weighted by atomic mass is 16.5. The molecule has 1 unspecified atom stereocenters. The second-order valence-electron chi connectivity index (χ2n) is 6.59. The van der Waals surface area contributed by atoms with E-state index < -0.39 is 0 Å². The van der Waals surface area contributed by atoms with Crippen LogP contribution in [-0.2, 0) is 19.1 Å². The zero-order valence-corrected chi connectivity index (χ0v) is 14.8. The lowest BCUT2D eigenvalue weighted by molar-refractivity contribution is -0.144. The van der Waals surface area contributed by atoms with Gasteiger partial charge in [-0.1, -0.05) is 58.3 Å². The molecule has 0 spiro atoms. The minimum atomic E-state index is -0.0571. The van der Waals surface area contributed by atoms with Gasteiger partial charge in [0.05, 0.1) is 19.1 Å². The van der Waals surface area contributed by atoms with E-state index in [2.05, 4.69) is 0 Å². The fourth-order valence-electron chi connectivity index (χ4n) is 2.99. The summed E-state index contributed by atoms with van der Waals surface area (Å²) >= 11 is 0. The van der Waals surface area contributed by atoms with Gasteiger partial charge in [0.15, 0.2) is 0 Å². The normalized spacial score (nSPS) is 17.3. The predicted octanol–water partition coefficient (Wildman–Crippen LogP) is 4.79. The van der Waals surface area contributed by atoms with Crippen LogP contribution in [0.1, 0.15) is 90.4 Å². The van der Waals surface area contributed by atoms with E-state index >= 15 is 0 Å². The van der Waals surface area contributed by atoms with Crippen molar-refractivity contribution in [2.75, 3.05) is 13.2 Å². The Morgan fingerprint density at radius 2 is 1.65 bits per heavy atom. The number of hydrogen-bond acceptors (Lipinski definition) is 4. The first-order valence-electron chi connectivity index (χ1n) is 9.56. The fourth-order valence-corrected chi connectivity index (χ4v) is 2.99. The van der Waals surface area contributed by atoms with Crippen LogP contribution in [0.25, 0.3) is 0 Å². The first kappa shape index (κ1) is 20.0. The van der Waals surface area contributed by atoms with Crippen molar-refractivity contribution in [3.8, 4) is 0 Å². The summed E-state index contributed by atoms with van der Waals surface area (Å²) in [6.45, 7) is 3.20. The molecule has 1 saturated heterocycles. The Morgan fingerprint density at radius 3 is 2.22 bits per heavy atom. The molecule has 0 aromatic heterocycles. The largest absolute Gasteiger partial charge is 0.466 e. The van der Waals surface area contributed by atoms with Crippen molar-refractivity contribution in [2.24, 2.45) is 5.92 Å². The van der Waals surface area contributed by atoms with Gasteiger partial charge < -0.3 is 9.47 Å². The molecule has 0 radical (unpaired) electrons. The average Bonchev–Trinajstić information content (AvgIpc) is 2.94. The molecule has 0 saturated carbocycles. The lowest BCUT2D eigenvalue weighted by Gasteiger charge is -2.06. The van der Waals surface area contributed by atoms with Crippen LogP contribution in [0.3, 0.4) is 0 Å². The second kappa shape index (κ2) is 13.4. The molecule has 1 heterocycles. The van der Waals surface area contributed by atoms with Gasteiger partial charge in [0, 0.05) is 6.42 Å². The summed E-state index contributed by atoms with van der Waals surface area (Å²) in [4.78, 5) is 22.5. The summed E-state index contributed by atoms with van der Waals surface area (Å²) in [7, 11) is 0. The third-order valence-corrected chi connectivity index (χ3v) is 4.46. The highest BCUT2D eigenvalue weighted by Gasteiger charge is 2.25. The molecular formula is C19H34O4. The lowest BCUT2D eigenvalue weighted by atomic mass is 9.99. The predicted molar refractivity (Wildman–Crippen MR) is 91.1 cm³/mol. The van der Waals surface area contributed by atoms with Crippen molar-refractivity contribution < 1.29 is 19.1 Å². The Hall–Kier alpha value is -1.06.